The van der Waals surface area contributed by atoms with Crippen LogP contribution in [0.15, 0.2) is 0 Å². The van der Waals surface area contributed by atoms with E-state index in [4.69, 9.17) is 5.84 Å². The van der Waals surface area contributed by atoms with Gasteiger partial charge >= 0.3 is 0 Å². The number of carbonyl (C=O) groups is 1. The Labute approximate surface area is 79.2 Å². The van der Waals surface area contributed by atoms with Crippen molar-refractivity contribution in [1.29, 1.82) is 0 Å². The Balaban J connectivity index is 1.74. The Kier molecular flexibility index (Phi) is 2.54. The molecule has 0 heterocycles. The summed E-state index contributed by atoms with van der Waals surface area (Å²) in [5.74, 6) is 6.84. The maximum absolute atomic E-state index is 11.6. The van der Waals surface area contributed by atoms with Crippen molar-refractivity contribution in [1.82, 2.24) is 5.01 Å². The molecule has 1 amide bonds. The SMILES string of the molecule is NN(CC1CCC1)C(=O)C1CCC1. The molecular formula is C10H18N2O. The molecule has 0 saturated heterocycles. The smallest absolute Gasteiger partial charge is 0.239 e. The number of nitrogens with zero attached hydrogens (tertiary/aromatic N) is 1. The van der Waals surface area contributed by atoms with Gasteiger partial charge in [-0.1, -0.05) is 12.8 Å². The standard InChI is InChI=1S/C10H18N2O/c11-12(7-8-3-1-4-8)10(13)9-5-2-6-9/h8-9H,1-7,11H2. The molecule has 0 aliphatic heterocycles. The van der Waals surface area contributed by atoms with Crippen LogP contribution < -0.4 is 5.84 Å². The fraction of sp³-hybridized carbons (Fsp3) is 0.900. The fourth-order valence-electron chi connectivity index (χ4n) is 1.93. The van der Waals surface area contributed by atoms with E-state index in [2.05, 4.69) is 0 Å². The Morgan fingerprint density at radius 1 is 1.23 bits per heavy atom. The summed E-state index contributed by atoms with van der Waals surface area (Å²) in [6, 6.07) is 0. The second-order valence-corrected chi connectivity index (χ2v) is 4.42. The Hall–Kier alpha value is -0.570. The van der Waals surface area contributed by atoms with Gasteiger partial charge in [0, 0.05) is 12.5 Å². The van der Waals surface area contributed by atoms with E-state index < -0.39 is 0 Å². The summed E-state index contributed by atoms with van der Waals surface area (Å²) in [6.45, 7) is 0.787. The molecule has 2 aliphatic rings. The second-order valence-electron chi connectivity index (χ2n) is 4.42. The van der Waals surface area contributed by atoms with Gasteiger partial charge in [-0.25, -0.2) is 5.84 Å². The van der Waals surface area contributed by atoms with Gasteiger partial charge in [-0.2, -0.15) is 0 Å². The lowest BCUT2D eigenvalue weighted by atomic mass is 9.83. The summed E-state index contributed by atoms with van der Waals surface area (Å²) in [6.07, 6.45) is 7.13. The first kappa shape index (κ1) is 9.00. The van der Waals surface area contributed by atoms with E-state index in [1.807, 2.05) is 0 Å². The minimum absolute atomic E-state index is 0.179. The highest BCUT2D eigenvalue weighted by Gasteiger charge is 2.30. The van der Waals surface area contributed by atoms with Gasteiger partial charge in [-0.3, -0.25) is 9.80 Å². The largest absolute Gasteiger partial charge is 0.280 e. The van der Waals surface area contributed by atoms with E-state index in [0.717, 1.165) is 19.4 Å². The Morgan fingerprint density at radius 3 is 2.23 bits per heavy atom. The summed E-state index contributed by atoms with van der Waals surface area (Å²) in [4.78, 5) is 11.6. The van der Waals surface area contributed by atoms with E-state index in [1.54, 1.807) is 0 Å². The molecule has 74 valence electrons. The molecule has 0 aromatic carbocycles. The van der Waals surface area contributed by atoms with Gasteiger partial charge in [0.1, 0.15) is 0 Å². The van der Waals surface area contributed by atoms with Crippen LogP contribution in [0.4, 0.5) is 0 Å². The summed E-state index contributed by atoms with van der Waals surface area (Å²) < 4.78 is 0. The molecular weight excluding hydrogens is 164 g/mol. The topological polar surface area (TPSA) is 46.3 Å². The first-order valence-electron chi connectivity index (χ1n) is 5.33. The number of nitrogens with two attached hydrogens (primary N) is 1. The molecule has 13 heavy (non-hydrogen) atoms. The molecule has 0 spiro atoms. The monoisotopic (exact) mass is 182 g/mol. The zero-order chi connectivity index (χ0) is 9.26. The lowest BCUT2D eigenvalue weighted by molar-refractivity contribution is -0.139. The van der Waals surface area contributed by atoms with Crippen molar-refractivity contribution in [3.05, 3.63) is 0 Å². The number of amides is 1. The van der Waals surface area contributed by atoms with Crippen molar-refractivity contribution in [2.24, 2.45) is 17.7 Å². The first-order valence-corrected chi connectivity index (χ1v) is 5.33. The molecule has 3 heteroatoms. The lowest BCUT2D eigenvalue weighted by Crippen LogP contribution is -2.46. The predicted octanol–water partition coefficient (Wildman–Crippen LogP) is 1.29. The zero-order valence-corrected chi connectivity index (χ0v) is 8.04. The molecule has 0 atom stereocenters. The van der Waals surface area contributed by atoms with E-state index in [9.17, 15) is 4.79 Å². The molecule has 0 bridgehead atoms. The molecule has 0 radical (unpaired) electrons. The summed E-state index contributed by atoms with van der Waals surface area (Å²) in [7, 11) is 0. The van der Waals surface area contributed by atoms with Gasteiger partial charge in [-0.15, -0.1) is 0 Å². The van der Waals surface area contributed by atoms with E-state index in [0.29, 0.717) is 5.92 Å². The normalized spacial score (nSPS) is 23.5. The van der Waals surface area contributed by atoms with Crippen molar-refractivity contribution in [3.8, 4) is 0 Å². The summed E-state index contributed by atoms with van der Waals surface area (Å²) >= 11 is 0. The number of hydrogen-bond acceptors (Lipinski definition) is 2. The number of carbonyl (C=O) groups excluding carboxylic acids is 1. The third-order valence-corrected chi connectivity index (χ3v) is 3.42. The number of hydrogen-bond donors (Lipinski definition) is 1. The first-order chi connectivity index (χ1) is 6.27. The summed E-state index contributed by atoms with van der Waals surface area (Å²) in [5, 5.41) is 1.47. The van der Waals surface area contributed by atoms with E-state index in [1.165, 1.54) is 30.7 Å². The fourth-order valence-corrected chi connectivity index (χ4v) is 1.93. The highest BCUT2D eigenvalue weighted by atomic mass is 16.2. The van der Waals surface area contributed by atoms with Crippen LogP contribution in [0, 0.1) is 11.8 Å². The van der Waals surface area contributed by atoms with Crippen LogP contribution in [0.3, 0.4) is 0 Å². The van der Waals surface area contributed by atoms with Crippen molar-refractivity contribution < 1.29 is 4.79 Å². The van der Waals surface area contributed by atoms with Crippen molar-refractivity contribution >= 4 is 5.91 Å². The van der Waals surface area contributed by atoms with Crippen LogP contribution in [-0.4, -0.2) is 17.5 Å². The van der Waals surface area contributed by atoms with Crippen LogP contribution >= 0.6 is 0 Å². The molecule has 0 aromatic rings. The van der Waals surface area contributed by atoms with Crippen molar-refractivity contribution in [2.75, 3.05) is 6.54 Å². The molecule has 2 fully saturated rings. The van der Waals surface area contributed by atoms with Gasteiger partial charge < -0.3 is 0 Å². The third-order valence-electron chi connectivity index (χ3n) is 3.42. The zero-order valence-electron chi connectivity index (χ0n) is 8.04. The highest BCUT2D eigenvalue weighted by Crippen LogP contribution is 2.30. The minimum atomic E-state index is 0.179. The highest BCUT2D eigenvalue weighted by molar-refractivity contribution is 5.78. The minimum Gasteiger partial charge on any atom is -0.280 e. The Morgan fingerprint density at radius 2 is 1.85 bits per heavy atom. The molecule has 2 rings (SSSR count). The van der Waals surface area contributed by atoms with E-state index >= 15 is 0 Å². The molecule has 2 aliphatic carbocycles. The van der Waals surface area contributed by atoms with Crippen molar-refractivity contribution in [3.63, 3.8) is 0 Å². The summed E-state index contributed by atoms with van der Waals surface area (Å²) in [5.41, 5.74) is 0. The van der Waals surface area contributed by atoms with Gasteiger partial charge in [0.25, 0.3) is 0 Å². The molecule has 0 aromatic heterocycles. The van der Waals surface area contributed by atoms with Gasteiger partial charge in [0.05, 0.1) is 0 Å². The molecule has 2 saturated carbocycles. The average molecular weight is 182 g/mol. The van der Waals surface area contributed by atoms with Crippen LogP contribution in [0.1, 0.15) is 38.5 Å². The lowest BCUT2D eigenvalue weighted by Gasteiger charge is -2.33. The van der Waals surface area contributed by atoms with Gasteiger partial charge in [0.15, 0.2) is 0 Å². The Bertz CT molecular complexity index is 197. The quantitative estimate of drug-likeness (QED) is 0.406. The maximum atomic E-state index is 11.6. The maximum Gasteiger partial charge on any atom is 0.239 e. The number of rotatable bonds is 3. The predicted molar refractivity (Wildman–Crippen MR) is 50.6 cm³/mol. The second kappa shape index (κ2) is 3.66. The average Bonchev–Trinajstić information content (AvgIpc) is 1.92. The van der Waals surface area contributed by atoms with Crippen LogP contribution in [0.2, 0.25) is 0 Å². The van der Waals surface area contributed by atoms with Crippen LogP contribution in [0.25, 0.3) is 0 Å². The van der Waals surface area contributed by atoms with Gasteiger partial charge in [-0.05, 0) is 31.6 Å². The van der Waals surface area contributed by atoms with Gasteiger partial charge in [0.2, 0.25) is 5.91 Å². The molecule has 3 nitrogen and oxygen atoms in total. The van der Waals surface area contributed by atoms with Crippen LogP contribution in [-0.2, 0) is 4.79 Å². The van der Waals surface area contributed by atoms with Crippen molar-refractivity contribution in [2.45, 2.75) is 38.5 Å². The van der Waals surface area contributed by atoms with E-state index in [-0.39, 0.29) is 11.8 Å². The van der Waals surface area contributed by atoms with Crippen LogP contribution in [0.5, 0.6) is 0 Å². The molecule has 0 unspecified atom stereocenters. The third kappa shape index (κ3) is 1.85. The number of hydrazine groups is 1. The molecule has 2 N–H and O–H groups in total.